The van der Waals surface area contributed by atoms with Crippen molar-refractivity contribution >= 4 is 17.8 Å². The van der Waals surface area contributed by atoms with Crippen LogP contribution in [0.4, 0.5) is 0 Å². The quantitative estimate of drug-likeness (QED) is 0.530. The molecule has 0 aliphatic rings. The molecule has 0 bridgehead atoms. The minimum Gasteiger partial charge on any atom is -0.366 e. The molecule has 0 saturated heterocycles. The van der Waals surface area contributed by atoms with Crippen LogP contribution in [0.1, 0.15) is 31.8 Å². The maximum absolute atomic E-state index is 11.9. The van der Waals surface area contributed by atoms with E-state index in [9.17, 15) is 9.59 Å². The average Bonchev–Trinajstić information content (AvgIpc) is 2.68. The first-order valence-electron chi connectivity index (χ1n) is 8.54. The molecule has 0 heterocycles. The number of guanidine groups is 1. The van der Waals surface area contributed by atoms with Crippen molar-refractivity contribution in [3.63, 3.8) is 0 Å². The second-order valence-corrected chi connectivity index (χ2v) is 6.24. The Morgan fingerprint density at radius 2 is 1.33 bits per heavy atom. The Hall–Kier alpha value is -3.35. The van der Waals surface area contributed by atoms with Crippen molar-refractivity contribution in [2.24, 2.45) is 10.7 Å². The van der Waals surface area contributed by atoms with Gasteiger partial charge in [-0.1, -0.05) is 24.3 Å². The lowest BCUT2D eigenvalue weighted by Crippen LogP contribution is -2.36. The van der Waals surface area contributed by atoms with Crippen LogP contribution in [0.3, 0.4) is 0 Å². The average molecular weight is 367 g/mol. The van der Waals surface area contributed by atoms with Gasteiger partial charge in [-0.3, -0.25) is 14.6 Å². The molecule has 0 aromatic heterocycles. The van der Waals surface area contributed by atoms with Crippen molar-refractivity contribution in [1.29, 1.82) is 0 Å². The van der Waals surface area contributed by atoms with E-state index in [1.807, 2.05) is 36.4 Å². The molecule has 4 N–H and O–H groups in total. The predicted octanol–water partition coefficient (Wildman–Crippen LogP) is 1.35. The Balaban J connectivity index is 1.86. The number of aliphatic imine (C=N–C) groups is 1. The van der Waals surface area contributed by atoms with E-state index >= 15 is 0 Å². The number of carbonyl (C=O) groups is 2. The largest absolute Gasteiger partial charge is 0.366 e. The van der Waals surface area contributed by atoms with Crippen molar-refractivity contribution in [3.8, 4) is 0 Å². The molecule has 2 aromatic carbocycles. The Bertz CT molecular complexity index is 811. The summed E-state index contributed by atoms with van der Waals surface area (Å²) in [5, 5.41) is 6.44. The summed E-state index contributed by atoms with van der Waals surface area (Å²) in [4.78, 5) is 28.7. The van der Waals surface area contributed by atoms with Crippen LogP contribution in [0, 0.1) is 0 Å². The maximum atomic E-state index is 11.9. The molecule has 7 heteroatoms. The van der Waals surface area contributed by atoms with Gasteiger partial charge in [-0.15, -0.1) is 0 Å². The lowest BCUT2D eigenvalue weighted by molar-refractivity contribution is 0.0827. The molecule has 27 heavy (non-hydrogen) atoms. The number of hydrogen-bond donors (Lipinski definition) is 3. The molecule has 2 aromatic rings. The summed E-state index contributed by atoms with van der Waals surface area (Å²) in [5.74, 6) is 0.196. The van der Waals surface area contributed by atoms with Gasteiger partial charge in [0, 0.05) is 45.4 Å². The zero-order valence-corrected chi connectivity index (χ0v) is 15.8. The van der Waals surface area contributed by atoms with Crippen molar-refractivity contribution in [2.75, 3.05) is 21.1 Å². The van der Waals surface area contributed by atoms with Gasteiger partial charge in [-0.05, 0) is 35.4 Å². The van der Waals surface area contributed by atoms with Crippen LogP contribution in [0.2, 0.25) is 0 Å². The molecule has 142 valence electrons. The van der Waals surface area contributed by atoms with E-state index in [1.54, 1.807) is 38.2 Å². The molecule has 0 spiro atoms. The first-order chi connectivity index (χ1) is 12.9. The summed E-state index contributed by atoms with van der Waals surface area (Å²) in [5.41, 5.74) is 8.43. The minimum absolute atomic E-state index is 0.0191. The molecule has 2 rings (SSSR count). The van der Waals surface area contributed by atoms with Gasteiger partial charge in [-0.2, -0.15) is 0 Å². The number of benzene rings is 2. The van der Waals surface area contributed by atoms with Gasteiger partial charge in [0.15, 0.2) is 5.96 Å². The van der Waals surface area contributed by atoms with Crippen molar-refractivity contribution in [2.45, 2.75) is 13.1 Å². The summed E-state index contributed by atoms with van der Waals surface area (Å²) >= 11 is 0. The Labute approximate surface area is 159 Å². The summed E-state index contributed by atoms with van der Waals surface area (Å²) < 4.78 is 0. The fourth-order valence-electron chi connectivity index (χ4n) is 2.40. The first-order valence-corrected chi connectivity index (χ1v) is 8.54. The van der Waals surface area contributed by atoms with E-state index in [-0.39, 0.29) is 5.91 Å². The van der Waals surface area contributed by atoms with Crippen LogP contribution in [0.25, 0.3) is 0 Å². The zero-order chi connectivity index (χ0) is 19.8. The summed E-state index contributed by atoms with van der Waals surface area (Å²) in [6.45, 7) is 1.14. The predicted molar refractivity (Wildman–Crippen MR) is 106 cm³/mol. The van der Waals surface area contributed by atoms with Crippen molar-refractivity contribution in [1.82, 2.24) is 15.5 Å². The van der Waals surface area contributed by atoms with Crippen LogP contribution < -0.4 is 16.4 Å². The maximum Gasteiger partial charge on any atom is 0.253 e. The third-order valence-electron chi connectivity index (χ3n) is 3.99. The third-order valence-corrected chi connectivity index (χ3v) is 3.99. The molecule has 0 atom stereocenters. The molecule has 0 radical (unpaired) electrons. The SMILES string of the molecule is CN=C(NCc1ccc(C(N)=O)cc1)NCc1ccc(C(=O)N(C)C)cc1. The Morgan fingerprint density at radius 3 is 1.70 bits per heavy atom. The minimum atomic E-state index is -0.440. The van der Waals surface area contributed by atoms with Gasteiger partial charge in [-0.25, -0.2) is 0 Å². The van der Waals surface area contributed by atoms with Gasteiger partial charge in [0.1, 0.15) is 0 Å². The number of nitrogens with two attached hydrogens (primary N) is 1. The molecule has 0 fully saturated rings. The fourth-order valence-corrected chi connectivity index (χ4v) is 2.40. The van der Waals surface area contributed by atoms with E-state index in [0.29, 0.717) is 30.2 Å². The van der Waals surface area contributed by atoms with Crippen LogP contribution in [0.15, 0.2) is 53.5 Å². The molecule has 0 saturated carbocycles. The standard InChI is InChI=1S/C20H25N5O2/c1-22-20(23-12-14-4-8-16(9-5-14)18(21)26)24-13-15-6-10-17(11-7-15)19(27)25(2)3/h4-11H,12-13H2,1-3H3,(H2,21,26)(H2,22,23,24). The molecular formula is C20H25N5O2. The van der Waals surface area contributed by atoms with E-state index < -0.39 is 5.91 Å². The Morgan fingerprint density at radius 1 is 0.889 bits per heavy atom. The van der Waals surface area contributed by atoms with E-state index in [0.717, 1.165) is 11.1 Å². The molecule has 0 aliphatic heterocycles. The van der Waals surface area contributed by atoms with Gasteiger partial charge in [0.25, 0.3) is 5.91 Å². The highest BCUT2D eigenvalue weighted by Gasteiger charge is 2.07. The smallest absolute Gasteiger partial charge is 0.253 e. The van der Waals surface area contributed by atoms with Gasteiger partial charge < -0.3 is 21.3 Å². The molecular weight excluding hydrogens is 342 g/mol. The summed E-state index contributed by atoms with van der Waals surface area (Å²) in [6, 6.07) is 14.6. The summed E-state index contributed by atoms with van der Waals surface area (Å²) in [7, 11) is 5.16. The first kappa shape index (κ1) is 20.0. The van der Waals surface area contributed by atoms with E-state index in [4.69, 9.17) is 5.73 Å². The topological polar surface area (TPSA) is 99.8 Å². The number of hydrogen-bond acceptors (Lipinski definition) is 3. The highest BCUT2D eigenvalue weighted by atomic mass is 16.2. The second kappa shape index (κ2) is 9.38. The van der Waals surface area contributed by atoms with Crippen LogP contribution in [-0.2, 0) is 13.1 Å². The van der Waals surface area contributed by atoms with Gasteiger partial charge in [0.05, 0.1) is 0 Å². The fraction of sp³-hybridized carbons (Fsp3) is 0.250. The van der Waals surface area contributed by atoms with Crippen LogP contribution >= 0.6 is 0 Å². The highest BCUT2D eigenvalue weighted by Crippen LogP contribution is 2.07. The van der Waals surface area contributed by atoms with E-state index in [1.165, 1.54) is 0 Å². The van der Waals surface area contributed by atoms with Gasteiger partial charge >= 0.3 is 0 Å². The molecule has 7 nitrogen and oxygen atoms in total. The van der Waals surface area contributed by atoms with Crippen molar-refractivity contribution in [3.05, 3.63) is 70.8 Å². The number of primary amides is 1. The van der Waals surface area contributed by atoms with Crippen LogP contribution in [-0.4, -0.2) is 43.8 Å². The lowest BCUT2D eigenvalue weighted by atomic mass is 10.1. The normalized spacial score (nSPS) is 11.0. The number of nitrogens with zero attached hydrogens (tertiary/aromatic N) is 2. The third kappa shape index (κ3) is 5.85. The van der Waals surface area contributed by atoms with Crippen LogP contribution in [0.5, 0.6) is 0 Å². The molecule has 0 aliphatic carbocycles. The lowest BCUT2D eigenvalue weighted by Gasteiger charge is -2.13. The van der Waals surface area contributed by atoms with Crippen molar-refractivity contribution < 1.29 is 9.59 Å². The molecule has 0 unspecified atom stereocenters. The number of carbonyl (C=O) groups excluding carboxylic acids is 2. The zero-order valence-electron chi connectivity index (χ0n) is 15.8. The molecule has 2 amide bonds. The summed E-state index contributed by atoms with van der Waals surface area (Å²) in [6.07, 6.45) is 0. The highest BCUT2D eigenvalue weighted by molar-refractivity contribution is 5.94. The number of nitrogens with one attached hydrogen (secondary N) is 2. The van der Waals surface area contributed by atoms with Gasteiger partial charge in [0.2, 0.25) is 5.91 Å². The second-order valence-electron chi connectivity index (χ2n) is 6.24. The number of amides is 2. The van der Waals surface area contributed by atoms with E-state index in [2.05, 4.69) is 15.6 Å². The number of rotatable bonds is 6. The Kier molecular flexibility index (Phi) is 6.93. The monoisotopic (exact) mass is 367 g/mol.